The van der Waals surface area contributed by atoms with Crippen molar-refractivity contribution in [2.45, 2.75) is 45.6 Å². The third-order valence-electron chi connectivity index (χ3n) is 3.92. The number of rotatable bonds is 7. The topological polar surface area (TPSA) is 60.9 Å². The summed E-state index contributed by atoms with van der Waals surface area (Å²) in [4.78, 5) is 26.7. The Morgan fingerprint density at radius 1 is 1.47 bits per heavy atom. The van der Waals surface area contributed by atoms with Gasteiger partial charge in [-0.05, 0) is 46.7 Å². The van der Waals surface area contributed by atoms with Crippen molar-refractivity contribution in [3.63, 3.8) is 0 Å². The number of carbonyl (C=O) groups is 2. The molecule has 0 bridgehead atoms. The molecule has 1 unspecified atom stereocenters. The zero-order valence-corrected chi connectivity index (χ0v) is 12.3. The van der Waals surface area contributed by atoms with Crippen molar-refractivity contribution >= 4 is 11.9 Å². The number of amides is 1. The quantitative estimate of drug-likeness (QED) is 0.711. The highest BCUT2D eigenvalue weighted by atomic mass is 16.4. The van der Waals surface area contributed by atoms with Crippen LogP contribution < -0.4 is 0 Å². The van der Waals surface area contributed by atoms with Gasteiger partial charge in [-0.3, -0.25) is 9.59 Å². The van der Waals surface area contributed by atoms with E-state index in [0.29, 0.717) is 32.0 Å². The fourth-order valence-corrected chi connectivity index (χ4v) is 2.25. The minimum Gasteiger partial charge on any atom is -0.481 e. The minimum absolute atomic E-state index is 0.106. The summed E-state index contributed by atoms with van der Waals surface area (Å²) < 4.78 is 0. The van der Waals surface area contributed by atoms with Crippen LogP contribution in [0.15, 0.2) is 0 Å². The van der Waals surface area contributed by atoms with E-state index >= 15 is 0 Å². The summed E-state index contributed by atoms with van der Waals surface area (Å²) in [5.41, 5.74) is 0. The molecule has 1 aliphatic rings. The predicted octanol–water partition coefficient (Wildman–Crippen LogP) is 1.43. The summed E-state index contributed by atoms with van der Waals surface area (Å²) in [5.74, 6) is -1.05. The van der Waals surface area contributed by atoms with Crippen molar-refractivity contribution < 1.29 is 14.7 Å². The average Bonchev–Trinajstić information content (AvgIpc) is 2.35. The number of hydrogen-bond donors (Lipinski definition) is 1. The van der Waals surface area contributed by atoms with Gasteiger partial charge in [-0.15, -0.1) is 0 Å². The second-order valence-corrected chi connectivity index (χ2v) is 5.70. The van der Waals surface area contributed by atoms with Gasteiger partial charge < -0.3 is 14.9 Å². The molecule has 0 aromatic rings. The number of unbranched alkanes of at least 4 members (excludes halogenated alkanes) is 1. The Balaban J connectivity index is 2.27. The van der Waals surface area contributed by atoms with Gasteiger partial charge in [-0.2, -0.15) is 0 Å². The molecule has 1 fully saturated rings. The summed E-state index contributed by atoms with van der Waals surface area (Å²) in [5, 5.41) is 9.00. The summed E-state index contributed by atoms with van der Waals surface area (Å²) in [6, 6.07) is 0.535. The lowest BCUT2D eigenvalue weighted by molar-refractivity contribution is -0.147. The molecule has 1 saturated heterocycles. The third kappa shape index (κ3) is 5.19. The molecule has 110 valence electrons. The zero-order valence-electron chi connectivity index (χ0n) is 12.3. The third-order valence-corrected chi connectivity index (χ3v) is 3.92. The number of piperidine rings is 1. The van der Waals surface area contributed by atoms with Crippen LogP contribution in [0.3, 0.4) is 0 Å². The summed E-state index contributed by atoms with van der Waals surface area (Å²) >= 11 is 0. The van der Waals surface area contributed by atoms with Crippen LogP contribution in [-0.2, 0) is 9.59 Å². The van der Waals surface area contributed by atoms with Gasteiger partial charge in [0.2, 0.25) is 5.91 Å². The molecule has 0 aromatic heterocycles. The summed E-state index contributed by atoms with van der Waals surface area (Å²) in [6.45, 7) is 6.40. The molecule has 1 N–H and O–H groups in total. The number of carboxylic acids is 1. The molecule has 0 saturated carbocycles. The monoisotopic (exact) mass is 270 g/mol. The average molecular weight is 270 g/mol. The maximum absolute atomic E-state index is 11.7. The van der Waals surface area contributed by atoms with Crippen LogP contribution in [0, 0.1) is 5.92 Å². The second-order valence-electron chi connectivity index (χ2n) is 5.70. The Morgan fingerprint density at radius 2 is 2.16 bits per heavy atom. The van der Waals surface area contributed by atoms with E-state index < -0.39 is 5.97 Å². The van der Waals surface area contributed by atoms with E-state index in [1.807, 2.05) is 0 Å². The molecular weight excluding hydrogens is 244 g/mol. The number of nitrogens with zero attached hydrogens (tertiary/aromatic N) is 2. The molecule has 1 amide bonds. The van der Waals surface area contributed by atoms with Crippen molar-refractivity contribution in [2.24, 2.45) is 5.92 Å². The van der Waals surface area contributed by atoms with Gasteiger partial charge in [0.25, 0.3) is 0 Å². The maximum Gasteiger partial charge on any atom is 0.308 e. The van der Waals surface area contributed by atoms with Crippen molar-refractivity contribution in [1.29, 1.82) is 0 Å². The van der Waals surface area contributed by atoms with E-state index in [4.69, 9.17) is 5.11 Å². The molecule has 5 nitrogen and oxygen atoms in total. The number of likely N-dealkylation sites (tertiary alicyclic amines) is 1. The number of carboxylic acid groups (broad SMARTS) is 1. The van der Waals surface area contributed by atoms with Gasteiger partial charge in [0.15, 0.2) is 0 Å². The number of hydrogen-bond acceptors (Lipinski definition) is 3. The lowest BCUT2D eigenvalue weighted by atomic mass is 9.97. The fourth-order valence-electron chi connectivity index (χ4n) is 2.25. The summed E-state index contributed by atoms with van der Waals surface area (Å²) in [7, 11) is 2.09. The Kier molecular flexibility index (Phi) is 6.28. The molecule has 5 heteroatoms. The maximum atomic E-state index is 11.7. The SMILES string of the molecule is CC(C)N(C)CCCCN1CC(C(=O)O)CCC1=O. The van der Waals surface area contributed by atoms with Crippen LogP contribution in [0.4, 0.5) is 0 Å². The van der Waals surface area contributed by atoms with Gasteiger partial charge in [0.05, 0.1) is 5.92 Å². The van der Waals surface area contributed by atoms with Gasteiger partial charge in [-0.25, -0.2) is 0 Å². The van der Waals surface area contributed by atoms with E-state index in [0.717, 1.165) is 19.4 Å². The number of carbonyl (C=O) groups excluding carboxylic acids is 1. The van der Waals surface area contributed by atoms with Crippen molar-refractivity contribution in [3.05, 3.63) is 0 Å². The van der Waals surface area contributed by atoms with Gasteiger partial charge >= 0.3 is 5.97 Å². The Morgan fingerprint density at radius 3 is 2.74 bits per heavy atom. The number of aliphatic carboxylic acids is 1. The first-order valence-corrected chi connectivity index (χ1v) is 7.12. The molecule has 0 aromatic carbocycles. The van der Waals surface area contributed by atoms with Crippen LogP contribution in [-0.4, -0.2) is 59.5 Å². The molecule has 19 heavy (non-hydrogen) atoms. The molecule has 1 heterocycles. The standard InChI is InChI=1S/C14H26N2O3/c1-11(2)15(3)8-4-5-9-16-10-12(14(18)19)6-7-13(16)17/h11-12H,4-10H2,1-3H3,(H,18,19). The van der Waals surface area contributed by atoms with Crippen LogP contribution in [0.25, 0.3) is 0 Å². The Hall–Kier alpha value is -1.10. The van der Waals surface area contributed by atoms with Crippen LogP contribution in [0.1, 0.15) is 39.5 Å². The molecular formula is C14H26N2O3. The molecule has 0 aliphatic carbocycles. The highest BCUT2D eigenvalue weighted by Gasteiger charge is 2.29. The Bertz CT molecular complexity index is 318. The molecule has 1 aliphatic heterocycles. The minimum atomic E-state index is -0.781. The van der Waals surface area contributed by atoms with Gasteiger partial charge in [-0.1, -0.05) is 0 Å². The van der Waals surface area contributed by atoms with E-state index in [2.05, 4.69) is 25.8 Å². The first kappa shape index (κ1) is 16.0. The smallest absolute Gasteiger partial charge is 0.308 e. The van der Waals surface area contributed by atoms with E-state index in [-0.39, 0.29) is 11.8 Å². The first-order chi connectivity index (χ1) is 8.91. The molecule has 1 rings (SSSR count). The fraction of sp³-hybridized carbons (Fsp3) is 0.857. The van der Waals surface area contributed by atoms with E-state index in [1.165, 1.54) is 0 Å². The van der Waals surface area contributed by atoms with E-state index in [1.54, 1.807) is 4.90 Å². The van der Waals surface area contributed by atoms with Crippen LogP contribution in [0.5, 0.6) is 0 Å². The van der Waals surface area contributed by atoms with E-state index in [9.17, 15) is 9.59 Å². The molecule has 1 atom stereocenters. The van der Waals surface area contributed by atoms with Crippen LogP contribution in [0.2, 0.25) is 0 Å². The highest BCUT2D eigenvalue weighted by Crippen LogP contribution is 2.18. The first-order valence-electron chi connectivity index (χ1n) is 7.12. The molecule has 0 spiro atoms. The Labute approximate surface area is 115 Å². The van der Waals surface area contributed by atoms with Gasteiger partial charge in [0.1, 0.15) is 0 Å². The second kappa shape index (κ2) is 7.48. The van der Waals surface area contributed by atoms with Crippen molar-refractivity contribution in [3.8, 4) is 0 Å². The highest BCUT2D eigenvalue weighted by molar-refractivity contribution is 5.80. The summed E-state index contributed by atoms with van der Waals surface area (Å²) in [6.07, 6.45) is 2.84. The van der Waals surface area contributed by atoms with Gasteiger partial charge in [0, 0.05) is 25.6 Å². The van der Waals surface area contributed by atoms with Crippen molar-refractivity contribution in [2.75, 3.05) is 26.7 Å². The lowest BCUT2D eigenvalue weighted by Crippen LogP contribution is -2.43. The lowest BCUT2D eigenvalue weighted by Gasteiger charge is -2.31. The predicted molar refractivity (Wildman–Crippen MR) is 73.9 cm³/mol. The normalized spacial score (nSPS) is 20.4. The zero-order chi connectivity index (χ0) is 14.4. The van der Waals surface area contributed by atoms with Crippen LogP contribution >= 0.6 is 0 Å². The largest absolute Gasteiger partial charge is 0.481 e. The molecule has 0 radical (unpaired) electrons. The van der Waals surface area contributed by atoms with Crippen molar-refractivity contribution in [1.82, 2.24) is 9.80 Å².